The summed E-state index contributed by atoms with van der Waals surface area (Å²) in [5.74, 6) is -1.81. The van der Waals surface area contributed by atoms with Gasteiger partial charge in [-0.2, -0.15) is 13.9 Å². The Labute approximate surface area is 220 Å². The highest BCUT2D eigenvalue weighted by atomic mass is 35.5. The average molecular weight is 548 g/mol. The van der Waals surface area contributed by atoms with Crippen LogP contribution in [0.15, 0.2) is 53.1 Å². The Morgan fingerprint density at radius 2 is 2.05 bits per heavy atom. The highest BCUT2D eigenvalue weighted by Crippen LogP contribution is 2.37. The summed E-state index contributed by atoms with van der Waals surface area (Å²) >= 11 is 6.13. The van der Waals surface area contributed by atoms with Crippen molar-refractivity contribution in [1.29, 1.82) is 5.41 Å². The number of aliphatic imine (C=N–C) groups is 1. The lowest BCUT2D eigenvalue weighted by molar-refractivity contribution is -0.132. The first kappa shape index (κ1) is 26.8. The van der Waals surface area contributed by atoms with Crippen molar-refractivity contribution in [1.82, 2.24) is 25.3 Å². The Morgan fingerprint density at radius 1 is 1.29 bits per heavy atom. The van der Waals surface area contributed by atoms with Crippen LogP contribution in [0.3, 0.4) is 0 Å². The number of alkyl halides is 2. The minimum Gasteiger partial charge on any atom is -0.434 e. The summed E-state index contributed by atoms with van der Waals surface area (Å²) in [6, 6.07) is 3.96. The molecular formula is C23H24ClF2N9O3. The number of halogens is 3. The molecule has 0 saturated carbocycles. The molecule has 2 amide bonds. The molecule has 4 rings (SSSR count). The lowest BCUT2D eigenvalue weighted by Gasteiger charge is -2.27. The number of benzene rings is 1. The maximum atomic E-state index is 13.2. The van der Waals surface area contributed by atoms with E-state index in [9.17, 15) is 18.4 Å². The van der Waals surface area contributed by atoms with Gasteiger partial charge in [-0.25, -0.2) is 4.99 Å². The number of amides is 2. The number of nitrogens with two attached hydrogens (primary N) is 1. The van der Waals surface area contributed by atoms with Gasteiger partial charge in [0.25, 0.3) is 5.91 Å². The molecule has 1 fully saturated rings. The first-order valence-corrected chi connectivity index (χ1v) is 11.8. The Balaban J connectivity index is 1.73. The van der Waals surface area contributed by atoms with Crippen molar-refractivity contribution in [3.8, 4) is 17.0 Å². The van der Waals surface area contributed by atoms with E-state index in [4.69, 9.17) is 22.7 Å². The number of ether oxygens (including phenoxy) is 1. The monoisotopic (exact) mass is 547 g/mol. The highest BCUT2D eigenvalue weighted by molar-refractivity contribution is 6.31. The predicted molar refractivity (Wildman–Crippen MR) is 137 cm³/mol. The van der Waals surface area contributed by atoms with E-state index in [0.29, 0.717) is 26.2 Å². The summed E-state index contributed by atoms with van der Waals surface area (Å²) in [6.45, 7) is -0.957. The summed E-state index contributed by atoms with van der Waals surface area (Å²) in [6.07, 6.45) is 5.87. The third-order valence-electron chi connectivity index (χ3n) is 5.53. The summed E-state index contributed by atoms with van der Waals surface area (Å²) < 4.78 is 32.2. The van der Waals surface area contributed by atoms with Crippen LogP contribution in [0.4, 0.5) is 14.5 Å². The van der Waals surface area contributed by atoms with Gasteiger partial charge in [0, 0.05) is 55.4 Å². The lowest BCUT2D eigenvalue weighted by atomic mass is 10.1. The molecule has 12 nitrogen and oxygen atoms in total. The third-order valence-corrected chi connectivity index (χ3v) is 5.76. The van der Waals surface area contributed by atoms with Gasteiger partial charge in [0.2, 0.25) is 5.91 Å². The van der Waals surface area contributed by atoms with Crippen LogP contribution < -0.4 is 26.4 Å². The van der Waals surface area contributed by atoms with Crippen molar-refractivity contribution in [2.45, 2.75) is 13.2 Å². The Morgan fingerprint density at radius 3 is 2.71 bits per heavy atom. The summed E-state index contributed by atoms with van der Waals surface area (Å²) in [4.78, 5) is 31.8. The average Bonchev–Trinajstić information content (AvgIpc) is 3.27. The van der Waals surface area contributed by atoms with E-state index in [1.54, 1.807) is 11.0 Å². The van der Waals surface area contributed by atoms with Crippen molar-refractivity contribution in [3.63, 3.8) is 0 Å². The molecule has 200 valence electrons. The first-order valence-electron chi connectivity index (χ1n) is 11.4. The van der Waals surface area contributed by atoms with Gasteiger partial charge in [0.05, 0.1) is 5.69 Å². The number of carbonyl (C=O) groups is 2. The molecule has 1 aromatic heterocycles. The Bertz CT molecular complexity index is 1330. The van der Waals surface area contributed by atoms with Crippen LogP contribution in [0.1, 0.15) is 0 Å². The summed E-state index contributed by atoms with van der Waals surface area (Å²) in [5, 5.41) is 21.0. The molecule has 0 bridgehead atoms. The molecule has 15 heteroatoms. The third kappa shape index (κ3) is 6.33. The van der Waals surface area contributed by atoms with E-state index in [0.717, 1.165) is 0 Å². The number of rotatable bonds is 8. The number of allylic oxidation sites excluding steroid dienone is 1. The molecule has 2 aromatic rings. The lowest BCUT2D eigenvalue weighted by Crippen LogP contribution is -2.47. The first-order chi connectivity index (χ1) is 18.2. The van der Waals surface area contributed by atoms with Gasteiger partial charge in [-0.3, -0.25) is 19.7 Å². The zero-order valence-electron chi connectivity index (χ0n) is 19.9. The van der Waals surface area contributed by atoms with Crippen molar-refractivity contribution >= 4 is 41.2 Å². The van der Waals surface area contributed by atoms with Gasteiger partial charge >= 0.3 is 6.61 Å². The molecule has 2 aliphatic heterocycles. The van der Waals surface area contributed by atoms with E-state index >= 15 is 0 Å². The molecule has 0 unspecified atom stereocenters. The van der Waals surface area contributed by atoms with E-state index in [2.05, 4.69) is 30.8 Å². The number of nitrogens with zero attached hydrogens (tertiary/aromatic N) is 4. The van der Waals surface area contributed by atoms with Gasteiger partial charge < -0.3 is 31.3 Å². The number of piperazine rings is 1. The van der Waals surface area contributed by atoms with Crippen LogP contribution >= 0.6 is 11.6 Å². The smallest absolute Gasteiger partial charge is 0.387 e. The quantitative estimate of drug-likeness (QED) is 0.190. The van der Waals surface area contributed by atoms with Crippen LogP contribution in [0.25, 0.3) is 11.3 Å². The fraction of sp³-hybridized carbons (Fsp3) is 0.261. The number of nitrogens with one attached hydrogen (secondary N) is 4. The standard InChI is InChI=1S/C23H24ClF2N9O3/c24-13-2-3-16(38-23(25)26)14(10-13)19-15(11-35(33-19)12-17(36)34-8-6-29-7-9-34)32-22(37)18(20(27)28)21-30-4-1-5-31-21/h1-5,10-11,23,29-30H,6-9,12H2,(H3,27,28)(H,32,37)/b21-18-. The Kier molecular flexibility index (Phi) is 8.33. The second kappa shape index (κ2) is 11.8. The topological polar surface area (TPSA) is 163 Å². The molecule has 0 aliphatic carbocycles. The largest absolute Gasteiger partial charge is 0.434 e. The second-order valence-corrected chi connectivity index (χ2v) is 8.55. The molecule has 0 atom stereocenters. The zero-order valence-corrected chi connectivity index (χ0v) is 20.6. The van der Waals surface area contributed by atoms with Crippen LogP contribution in [0.5, 0.6) is 5.75 Å². The Hall–Kier alpha value is -4.30. The summed E-state index contributed by atoms with van der Waals surface area (Å²) in [5.41, 5.74) is 5.49. The van der Waals surface area contributed by atoms with Gasteiger partial charge in [0.15, 0.2) is 0 Å². The molecule has 0 radical (unpaired) electrons. The van der Waals surface area contributed by atoms with Gasteiger partial charge in [0.1, 0.15) is 35.2 Å². The molecule has 1 saturated heterocycles. The minimum absolute atomic E-state index is 0.0116. The number of hydrogen-bond donors (Lipinski definition) is 5. The van der Waals surface area contributed by atoms with Crippen LogP contribution in [0, 0.1) is 5.41 Å². The fourth-order valence-electron chi connectivity index (χ4n) is 3.84. The second-order valence-electron chi connectivity index (χ2n) is 8.11. The molecule has 6 N–H and O–H groups in total. The maximum absolute atomic E-state index is 13.2. The number of aromatic nitrogens is 2. The van der Waals surface area contributed by atoms with Crippen molar-refractivity contribution in [3.05, 3.63) is 53.1 Å². The fourth-order valence-corrected chi connectivity index (χ4v) is 4.01. The highest BCUT2D eigenvalue weighted by Gasteiger charge is 2.25. The SMILES string of the molecule is N=C(N)/C(C(=O)Nc1cn(CC(=O)N2CCNCC2)nc1-c1cc(Cl)ccc1OC(F)F)=C1/N=CC=CN1. The van der Waals surface area contributed by atoms with E-state index in [-0.39, 0.29) is 51.6 Å². The van der Waals surface area contributed by atoms with Crippen molar-refractivity contribution < 1.29 is 23.1 Å². The predicted octanol–water partition coefficient (Wildman–Crippen LogP) is 1.51. The van der Waals surface area contributed by atoms with Gasteiger partial charge in [-0.1, -0.05) is 11.6 Å². The molecule has 0 spiro atoms. The molecule has 3 heterocycles. The number of hydrogen-bond acceptors (Lipinski definition) is 8. The van der Waals surface area contributed by atoms with E-state index in [1.807, 2.05) is 0 Å². The number of anilines is 1. The van der Waals surface area contributed by atoms with Crippen LogP contribution in [0.2, 0.25) is 5.02 Å². The molecule has 1 aromatic carbocycles. The van der Waals surface area contributed by atoms with Crippen LogP contribution in [-0.2, 0) is 16.1 Å². The van der Waals surface area contributed by atoms with E-state index < -0.39 is 18.4 Å². The normalized spacial score (nSPS) is 16.3. The van der Waals surface area contributed by atoms with Crippen molar-refractivity contribution in [2.75, 3.05) is 31.5 Å². The molecule has 2 aliphatic rings. The minimum atomic E-state index is -3.14. The zero-order chi connectivity index (χ0) is 27.2. The molecule has 38 heavy (non-hydrogen) atoms. The number of carbonyl (C=O) groups excluding carboxylic acids is 2. The van der Waals surface area contributed by atoms with Crippen LogP contribution in [-0.4, -0.2) is 71.3 Å². The summed E-state index contributed by atoms with van der Waals surface area (Å²) in [7, 11) is 0. The van der Waals surface area contributed by atoms with Gasteiger partial charge in [-0.05, 0) is 24.3 Å². The number of amidine groups is 1. The van der Waals surface area contributed by atoms with Gasteiger partial charge in [-0.15, -0.1) is 0 Å². The van der Waals surface area contributed by atoms with E-state index in [1.165, 1.54) is 41.5 Å². The van der Waals surface area contributed by atoms with Crippen molar-refractivity contribution in [2.24, 2.45) is 10.7 Å². The molecular weight excluding hydrogens is 524 g/mol. The maximum Gasteiger partial charge on any atom is 0.387 e.